The van der Waals surface area contributed by atoms with Crippen LogP contribution in [0.5, 0.6) is 5.88 Å². The molecule has 0 saturated carbocycles. The smallest absolute Gasteiger partial charge is 0.427 e. The Bertz CT molecular complexity index is 1530. The van der Waals surface area contributed by atoms with Gasteiger partial charge in [-0.15, -0.1) is 0 Å². The van der Waals surface area contributed by atoms with E-state index in [1.54, 1.807) is 20.8 Å². The van der Waals surface area contributed by atoms with Crippen molar-refractivity contribution in [2.24, 2.45) is 0 Å². The van der Waals surface area contributed by atoms with Gasteiger partial charge in [0.2, 0.25) is 21.7 Å². The Morgan fingerprint density at radius 2 is 1.32 bits per heavy atom. The first-order valence-corrected chi connectivity index (χ1v) is 17.9. The van der Waals surface area contributed by atoms with Crippen molar-refractivity contribution in [1.29, 1.82) is 0 Å². The second kappa shape index (κ2) is 16.8. The van der Waals surface area contributed by atoms with Crippen molar-refractivity contribution in [2.75, 3.05) is 13.1 Å². The summed E-state index contributed by atoms with van der Waals surface area (Å²) in [5.41, 5.74) is 1.42. The van der Waals surface area contributed by atoms with Crippen LogP contribution >= 0.6 is 23.2 Å². The summed E-state index contributed by atoms with van der Waals surface area (Å²) in [5, 5.41) is 10.9. The molecule has 12 heteroatoms. The lowest BCUT2D eigenvalue weighted by molar-refractivity contribution is 0.383. The number of aryl methyl sites for hydroxylation is 3. The lowest BCUT2D eigenvalue weighted by Gasteiger charge is -2.23. The monoisotopic (exact) mass is 668 g/mol. The first-order chi connectivity index (χ1) is 20.9. The highest BCUT2D eigenvalue weighted by Crippen LogP contribution is 2.38. The SMILES string of the molecule is CCCCCCCCN(CCCCCCCC)S(=O)(=O)c1cc(Cl)c(-n2c(O)c(-c3c(C)nc(C)nc3C)oc2=O)cc1Cl. The van der Waals surface area contributed by atoms with E-state index in [2.05, 4.69) is 23.8 Å². The third kappa shape index (κ3) is 8.86. The lowest BCUT2D eigenvalue weighted by Crippen LogP contribution is -2.33. The first kappa shape index (κ1) is 36.1. The number of hydrogen-bond donors (Lipinski definition) is 1. The van der Waals surface area contributed by atoms with E-state index < -0.39 is 21.7 Å². The van der Waals surface area contributed by atoms with Crippen molar-refractivity contribution in [1.82, 2.24) is 18.8 Å². The molecule has 0 aliphatic rings. The van der Waals surface area contributed by atoms with E-state index in [1.807, 2.05) is 0 Å². The summed E-state index contributed by atoms with van der Waals surface area (Å²) in [5.74, 6) is -1.01. The van der Waals surface area contributed by atoms with Gasteiger partial charge in [0.05, 0.1) is 32.7 Å². The quantitative estimate of drug-likeness (QED) is 0.135. The van der Waals surface area contributed by atoms with Gasteiger partial charge in [-0.2, -0.15) is 4.31 Å². The van der Waals surface area contributed by atoms with Gasteiger partial charge < -0.3 is 9.52 Å². The van der Waals surface area contributed by atoms with Crippen molar-refractivity contribution >= 4 is 33.2 Å². The minimum absolute atomic E-state index is 0.00477. The summed E-state index contributed by atoms with van der Waals surface area (Å²) in [6.45, 7) is 10.3. The molecule has 2 aromatic heterocycles. The van der Waals surface area contributed by atoms with Gasteiger partial charge in [0.25, 0.3) is 0 Å². The van der Waals surface area contributed by atoms with Crippen molar-refractivity contribution in [3.8, 4) is 22.9 Å². The highest BCUT2D eigenvalue weighted by molar-refractivity contribution is 7.89. The zero-order chi connectivity index (χ0) is 32.4. The molecule has 0 saturated heterocycles. The van der Waals surface area contributed by atoms with Crippen LogP contribution in [0.1, 0.15) is 108 Å². The molecule has 0 unspecified atom stereocenters. The number of oxazole rings is 1. The van der Waals surface area contributed by atoms with Crippen LogP contribution in [-0.4, -0.2) is 45.5 Å². The van der Waals surface area contributed by atoms with Gasteiger partial charge in [0, 0.05) is 13.1 Å². The molecule has 0 fully saturated rings. The Morgan fingerprint density at radius 3 is 1.84 bits per heavy atom. The minimum atomic E-state index is -3.99. The summed E-state index contributed by atoms with van der Waals surface area (Å²) in [6, 6.07) is 2.52. The fourth-order valence-corrected chi connectivity index (χ4v) is 7.82. The van der Waals surface area contributed by atoms with Gasteiger partial charge in [-0.05, 0) is 45.7 Å². The molecule has 0 amide bonds. The zero-order valence-electron chi connectivity index (χ0n) is 26.6. The van der Waals surface area contributed by atoms with E-state index in [-0.39, 0.29) is 26.4 Å². The number of hydrogen-bond acceptors (Lipinski definition) is 7. The second-order valence-corrected chi connectivity index (χ2v) is 14.1. The molecule has 0 spiro atoms. The van der Waals surface area contributed by atoms with Crippen molar-refractivity contribution in [2.45, 2.75) is 117 Å². The summed E-state index contributed by atoms with van der Waals surface area (Å²) in [7, 11) is -3.99. The van der Waals surface area contributed by atoms with Gasteiger partial charge in [0.1, 0.15) is 10.7 Å². The van der Waals surface area contributed by atoms with Crippen molar-refractivity contribution in [3.05, 3.63) is 49.9 Å². The van der Waals surface area contributed by atoms with Crippen LogP contribution in [0.4, 0.5) is 0 Å². The van der Waals surface area contributed by atoms with Gasteiger partial charge in [-0.3, -0.25) is 0 Å². The molecule has 0 radical (unpaired) electrons. The van der Waals surface area contributed by atoms with Crippen LogP contribution in [0.2, 0.25) is 10.0 Å². The Balaban J connectivity index is 1.93. The van der Waals surface area contributed by atoms with Crippen LogP contribution in [0.15, 0.2) is 26.2 Å². The molecular weight excluding hydrogens is 623 g/mol. The molecule has 9 nitrogen and oxygen atoms in total. The number of nitrogens with zero attached hydrogens (tertiary/aromatic N) is 4. The van der Waals surface area contributed by atoms with Crippen molar-refractivity contribution in [3.63, 3.8) is 0 Å². The van der Waals surface area contributed by atoms with Crippen LogP contribution in [0.3, 0.4) is 0 Å². The maximum atomic E-state index is 13.9. The molecule has 0 bridgehead atoms. The molecule has 244 valence electrons. The van der Waals surface area contributed by atoms with Crippen molar-refractivity contribution < 1.29 is 17.9 Å². The molecule has 1 aromatic carbocycles. The Labute approximate surface area is 271 Å². The fourth-order valence-electron chi connectivity index (χ4n) is 5.47. The average molecular weight is 670 g/mol. The molecule has 0 atom stereocenters. The number of benzene rings is 1. The predicted octanol–water partition coefficient (Wildman–Crippen LogP) is 8.54. The molecule has 44 heavy (non-hydrogen) atoms. The Kier molecular flexibility index (Phi) is 13.8. The normalized spacial score (nSPS) is 12.0. The van der Waals surface area contributed by atoms with E-state index >= 15 is 0 Å². The van der Waals surface area contributed by atoms with Gasteiger partial charge in [-0.1, -0.05) is 101 Å². The van der Waals surface area contributed by atoms with E-state index in [0.29, 0.717) is 35.9 Å². The summed E-state index contributed by atoms with van der Waals surface area (Å²) < 4.78 is 35.7. The Morgan fingerprint density at radius 1 is 0.818 bits per heavy atom. The largest absolute Gasteiger partial charge is 0.491 e. The molecule has 2 heterocycles. The van der Waals surface area contributed by atoms with Crippen LogP contribution in [-0.2, 0) is 10.0 Å². The number of aromatic nitrogens is 3. The van der Waals surface area contributed by atoms with Crippen LogP contribution < -0.4 is 5.76 Å². The number of sulfonamides is 1. The fraction of sp³-hybridized carbons (Fsp3) is 0.594. The van der Waals surface area contributed by atoms with E-state index in [1.165, 1.54) is 29.3 Å². The van der Waals surface area contributed by atoms with E-state index in [0.717, 1.165) is 68.8 Å². The van der Waals surface area contributed by atoms with Gasteiger partial charge in [-0.25, -0.2) is 27.7 Å². The van der Waals surface area contributed by atoms with Crippen LogP contribution in [0, 0.1) is 20.8 Å². The third-order valence-corrected chi connectivity index (χ3v) is 10.4. The zero-order valence-corrected chi connectivity index (χ0v) is 28.9. The number of aromatic hydroxyl groups is 1. The average Bonchev–Trinajstić information content (AvgIpc) is 3.24. The predicted molar refractivity (Wildman–Crippen MR) is 177 cm³/mol. The van der Waals surface area contributed by atoms with Crippen LogP contribution in [0.25, 0.3) is 17.0 Å². The number of rotatable bonds is 18. The van der Waals surface area contributed by atoms with Gasteiger partial charge >= 0.3 is 5.76 Å². The molecule has 3 rings (SSSR count). The van der Waals surface area contributed by atoms with Gasteiger partial charge in [0.15, 0.2) is 0 Å². The Hall–Kier alpha value is -2.40. The topological polar surface area (TPSA) is 119 Å². The molecule has 0 aliphatic carbocycles. The highest BCUT2D eigenvalue weighted by Gasteiger charge is 2.30. The molecule has 3 aromatic rings. The summed E-state index contributed by atoms with van der Waals surface area (Å²) in [4.78, 5) is 21.5. The third-order valence-electron chi connectivity index (χ3n) is 7.78. The molecular formula is C32H46Cl2N4O5S. The molecule has 0 aliphatic heterocycles. The minimum Gasteiger partial charge on any atom is -0.491 e. The standard InChI is InChI=1S/C32H46Cl2N4O5S/c1-6-8-10-12-14-16-18-37(19-17-15-13-11-9-7-2)44(41,42)28-21-25(33)27(20-26(28)34)38-31(39)30(43-32(38)40)29-22(3)35-24(5)36-23(29)4/h20-21,39H,6-19H2,1-5H3. The maximum Gasteiger partial charge on any atom is 0.427 e. The lowest BCUT2D eigenvalue weighted by atomic mass is 10.1. The molecule has 1 N–H and O–H groups in total. The number of unbranched alkanes of at least 4 members (excludes halogenated alkanes) is 10. The first-order valence-electron chi connectivity index (χ1n) is 15.7. The highest BCUT2D eigenvalue weighted by atomic mass is 35.5. The maximum absolute atomic E-state index is 13.9. The summed E-state index contributed by atoms with van der Waals surface area (Å²) in [6.07, 6.45) is 12.5. The number of halogens is 2. The second-order valence-electron chi connectivity index (χ2n) is 11.3. The van der Waals surface area contributed by atoms with E-state index in [9.17, 15) is 18.3 Å². The summed E-state index contributed by atoms with van der Waals surface area (Å²) >= 11 is 13.2. The van der Waals surface area contributed by atoms with E-state index in [4.69, 9.17) is 27.6 Å².